The number of hydrogen-bond acceptors (Lipinski definition) is 5. The van der Waals surface area contributed by atoms with E-state index < -0.39 is 4.87 Å². The quantitative estimate of drug-likeness (QED) is 0.895. The average molecular weight is 370 g/mol. The summed E-state index contributed by atoms with van der Waals surface area (Å²) in [5.74, 6) is 0.885. The Labute approximate surface area is 155 Å². The Kier molecular flexibility index (Phi) is 4.03. The molecule has 0 spiro atoms. The lowest BCUT2D eigenvalue weighted by atomic mass is 10.1. The second-order valence-electron chi connectivity index (χ2n) is 6.10. The summed E-state index contributed by atoms with van der Waals surface area (Å²) in [5, 5.41) is 2.94. The predicted molar refractivity (Wildman–Crippen MR) is 99.9 cm³/mol. The van der Waals surface area contributed by atoms with E-state index >= 15 is 0 Å². The summed E-state index contributed by atoms with van der Waals surface area (Å²) in [6.07, 6.45) is 0.823. The van der Waals surface area contributed by atoms with Gasteiger partial charge in [-0.2, -0.15) is 0 Å². The Morgan fingerprint density at radius 3 is 2.77 bits per heavy atom. The number of thioether (sulfide) groups is 1. The molecule has 0 radical (unpaired) electrons. The van der Waals surface area contributed by atoms with Gasteiger partial charge in [0.05, 0.1) is 25.6 Å². The lowest BCUT2D eigenvalue weighted by Gasteiger charge is -2.29. The number of anilines is 2. The third-order valence-corrected chi connectivity index (χ3v) is 6.16. The van der Waals surface area contributed by atoms with Crippen molar-refractivity contribution in [2.24, 2.45) is 0 Å². The van der Waals surface area contributed by atoms with Crippen LogP contribution >= 0.6 is 11.8 Å². The zero-order valence-corrected chi connectivity index (χ0v) is 15.3. The van der Waals surface area contributed by atoms with Crippen molar-refractivity contribution in [1.82, 2.24) is 0 Å². The zero-order valence-electron chi connectivity index (χ0n) is 14.4. The van der Waals surface area contributed by atoms with E-state index in [9.17, 15) is 9.59 Å². The van der Waals surface area contributed by atoms with Gasteiger partial charge in [-0.3, -0.25) is 14.5 Å². The zero-order chi connectivity index (χ0) is 18.3. The average Bonchev–Trinajstić information content (AvgIpc) is 3.18. The molecule has 0 aromatic heterocycles. The number of methoxy groups -OCH3 is 2. The fourth-order valence-corrected chi connectivity index (χ4v) is 4.83. The van der Waals surface area contributed by atoms with Crippen molar-refractivity contribution >= 4 is 35.0 Å². The minimum Gasteiger partial charge on any atom is -0.497 e. The van der Waals surface area contributed by atoms with E-state index in [1.54, 1.807) is 30.2 Å². The number of nitrogens with zero attached hydrogens (tertiary/aromatic N) is 1. The maximum absolute atomic E-state index is 13.2. The number of fused-ring (bicyclic) bond motifs is 3. The molecule has 6 nitrogen and oxygen atoms in total. The third kappa shape index (κ3) is 2.42. The van der Waals surface area contributed by atoms with Crippen molar-refractivity contribution in [2.45, 2.75) is 22.6 Å². The minimum absolute atomic E-state index is 0.0284. The Balaban J connectivity index is 1.68. The van der Waals surface area contributed by atoms with E-state index in [0.29, 0.717) is 30.0 Å². The molecule has 1 N–H and O–H groups in total. The molecule has 2 aliphatic rings. The van der Waals surface area contributed by atoms with Crippen molar-refractivity contribution < 1.29 is 19.1 Å². The van der Waals surface area contributed by atoms with E-state index in [2.05, 4.69) is 5.32 Å². The van der Waals surface area contributed by atoms with Crippen molar-refractivity contribution in [3.8, 4) is 11.5 Å². The molecule has 4 rings (SSSR count). The van der Waals surface area contributed by atoms with Gasteiger partial charge in [0.25, 0.3) is 5.91 Å². The fraction of sp³-hybridized carbons (Fsp3) is 0.263. The van der Waals surface area contributed by atoms with Crippen LogP contribution in [0.3, 0.4) is 0 Å². The number of amides is 2. The summed E-state index contributed by atoms with van der Waals surface area (Å²) in [5.41, 5.74) is 1.35. The summed E-state index contributed by atoms with van der Waals surface area (Å²) in [6, 6.07) is 12.8. The second kappa shape index (κ2) is 6.25. The highest BCUT2D eigenvalue weighted by molar-refractivity contribution is 8.02. The van der Waals surface area contributed by atoms with Gasteiger partial charge in [0.2, 0.25) is 5.91 Å². The van der Waals surface area contributed by atoms with Gasteiger partial charge in [0.15, 0.2) is 4.87 Å². The van der Waals surface area contributed by atoms with Gasteiger partial charge < -0.3 is 14.8 Å². The van der Waals surface area contributed by atoms with E-state index in [1.165, 1.54) is 18.9 Å². The Hall–Kier alpha value is -2.67. The summed E-state index contributed by atoms with van der Waals surface area (Å²) in [4.78, 5) is 27.3. The standard InChI is InChI=1S/C19H18N2O4S/c1-24-12-7-8-13(15(11-12)25-2)20-18(23)19-10-9-17(22)21(19)14-5-3-4-6-16(14)26-19/h3-8,11H,9-10H2,1-2H3,(H,20,23). The molecule has 1 atom stereocenters. The molecule has 2 aliphatic heterocycles. The number of nitrogens with one attached hydrogen (secondary N) is 1. The molecule has 2 aromatic rings. The first-order valence-electron chi connectivity index (χ1n) is 8.23. The SMILES string of the molecule is COc1ccc(NC(=O)C23CCC(=O)N2c2ccccc2S3)c(OC)c1. The van der Waals surface area contributed by atoms with Gasteiger partial charge in [0.1, 0.15) is 11.5 Å². The third-order valence-electron chi connectivity index (χ3n) is 4.68. The number of carbonyl (C=O) groups excluding carboxylic acids is 2. The van der Waals surface area contributed by atoms with Crippen molar-refractivity contribution in [1.29, 1.82) is 0 Å². The number of para-hydroxylation sites is 1. The van der Waals surface area contributed by atoms with Crippen LogP contribution in [-0.4, -0.2) is 30.9 Å². The number of rotatable bonds is 4. The van der Waals surface area contributed by atoms with Gasteiger partial charge in [-0.15, -0.1) is 0 Å². The van der Waals surface area contributed by atoms with Crippen molar-refractivity contribution in [3.63, 3.8) is 0 Å². The number of ether oxygens (including phenoxy) is 2. The van der Waals surface area contributed by atoms with Crippen LogP contribution in [-0.2, 0) is 9.59 Å². The van der Waals surface area contributed by atoms with Gasteiger partial charge in [-0.05, 0) is 30.7 Å². The van der Waals surface area contributed by atoms with Gasteiger partial charge in [-0.1, -0.05) is 23.9 Å². The molecule has 0 saturated carbocycles. The Morgan fingerprint density at radius 1 is 1.19 bits per heavy atom. The van der Waals surface area contributed by atoms with Crippen molar-refractivity contribution in [2.75, 3.05) is 24.4 Å². The summed E-state index contributed by atoms with van der Waals surface area (Å²) < 4.78 is 10.6. The van der Waals surface area contributed by atoms with E-state index in [1.807, 2.05) is 24.3 Å². The molecule has 0 bridgehead atoms. The van der Waals surface area contributed by atoms with Crippen molar-refractivity contribution in [3.05, 3.63) is 42.5 Å². The van der Waals surface area contributed by atoms with Crippen LogP contribution in [0.15, 0.2) is 47.4 Å². The van der Waals surface area contributed by atoms with E-state index in [0.717, 1.165) is 10.6 Å². The van der Waals surface area contributed by atoms with Gasteiger partial charge in [0, 0.05) is 17.4 Å². The minimum atomic E-state index is -0.953. The first kappa shape index (κ1) is 16.8. The van der Waals surface area contributed by atoms with Crippen LogP contribution in [0.5, 0.6) is 11.5 Å². The van der Waals surface area contributed by atoms with E-state index in [-0.39, 0.29) is 11.8 Å². The lowest BCUT2D eigenvalue weighted by Crippen LogP contribution is -2.49. The summed E-state index contributed by atoms with van der Waals surface area (Å²) in [7, 11) is 3.11. The molecular formula is C19H18N2O4S. The van der Waals surface area contributed by atoms with E-state index in [4.69, 9.17) is 9.47 Å². The maximum Gasteiger partial charge on any atom is 0.261 e. The molecule has 2 heterocycles. The van der Waals surface area contributed by atoms with Gasteiger partial charge in [-0.25, -0.2) is 0 Å². The van der Waals surface area contributed by atoms with Crippen LogP contribution < -0.4 is 19.7 Å². The van der Waals surface area contributed by atoms with Crippen LogP contribution in [0.4, 0.5) is 11.4 Å². The smallest absolute Gasteiger partial charge is 0.261 e. The predicted octanol–water partition coefficient (Wildman–Crippen LogP) is 3.27. The Bertz CT molecular complexity index is 901. The molecule has 7 heteroatoms. The lowest BCUT2D eigenvalue weighted by molar-refractivity contribution is -0.121. The molecular weight excluding hydrogens is 352 g/mol. The summed E-state index contributed by atoms with van der Waals surface area (Å²) >= 11 is 1.43. The number of benzene rings is 2. The molecule has 1 unspecified atom stereocenters. The van der Waals surface area contributed by atoms with Crippen LogP contribution in [0.1, 0.15) is 12.8 Å². The fourth-order valence-electron chi connectivity index (χ4n) is 3.42. The number of carbonyl (C=O) groups is 2. The number of hydrogen-bond donors (Lipinski definition) is 1. The van der Waals surface area contributed by atoms with Crippen LogP contribution in [0.25, 0.3) is 0 Å². The molecule has 1 fully saturated rings. The molecule has 0 aliphatic carbocycles. The Morgan fingerprint density at radius 2 is 2.00 bits per heavy atom. The second-order valence-corrected chi connectivity index (χ2v) is 7.42. The largest absolute Gasteiger partial charge is 0.497 e. The highest BCUT2D eigenvalue weighted by Crippen LogP contribution is 2.56. The molecule has 26 heavy (non-hydrogen) atoms. The normalized spacial score (nSPS) is 20.5. The molecule has 2 amide bonds. The highest BCUT2D eigenvalue weighted by Gasteiger charge is 2.57. The van der Waals surface area contributed by atoms with Crippen LogP contribution in [0.2, 0.25) is 0 Å². The van der Waals surface area contributed by atoms with Gasteiger partial charge >= 0.3 is 0 Å². The van der Waals surface area contributed by atoms with Crippen LogP contribution in [0, 0.1) is 0 Å². The topological polar surface area (TPSA) is 67.9 Å². The maximum atomic E-state index is 13.2. The first-order chi connectivity index (χ1) is 12.6. The summed E-state index contributed by atoms with van der Waals surface area (Å²) in [6.45, 7) is 0. The molecule has 1 saturated heterocycles. The molecule has 134 valence electrons. The monoisotopic (exact) mass is 370 g/mol. The highest BCUT2D eigenvalue weighted by atomic mass is 32.2. The molecule has 2 aromatic carbocycles. The first-order valence-corrected chi connectivity index (χ1v) is 9.05.